The highest BCUT2D eigenvalue weighted by atomic mass is 14.8. The van der Waals surface area contributed by atoms with E-state index in [1.807, 2.05) is 0 Å². The smallest absolute Gasteiger partial charge is 0.000216 e. The summed E-state index contributed by atoms with van der Waals surface area (Å²) in [6, 6.07) is 0. The SMILES string of the molecule is CCCCCC(C)(CCCCC)CNC. The molecule has 1 N–H and O–H groups in total. The second-order valence-corrected chi connectivity index (χ2v) is 5.26. The Kier molecular flexibility index (Phi) is 9.18. The molecule has 0 rings (SSSR count). The molecule has 0 aromatic heterocycles. The minimum Gasteiger partial charge on any atom is -0.319 e. The molecule has 0 aromatic rings. The van der Waals surface area contributed by atoms with Crippen LogP contribution in [0, 0.1) is 5.41 Å². The Balaban J connectivity index is 3.83. The summed E-state index contributed by atoms with van der Waals surface area (Å²) in [5.74, 6) is 0. The molecule has 0 aliphatic rings. The highest BCUT2D eigenvalue weighted by Crippen LogP contribution is 2.30. The van der Waals surface area contributed by atoms with Crippen molar-refractivity contribution in [2.75, 3.05) is 13.6 Å². The van der Waals surface area contributed by atoms with Gasteiger partial charge in [0.2, 0.25) is 0 Å². The van der Waals surface area contributed by atoms with Gasteiger partial charge in [0, 0.05) is 6.54 Å². The average molecular weight is 213 g/mol. The summed E-state index contributed by atoms with van der Waals surface area (Å²) < 4.78 is 0. The van der Waals surface area contributed by atoms with Gasteiger partial charge >= 0.3 is 0 Å². The van der Waals surface area contributed by atoms with Gasteiger partial charge in [0.15, 0.2) is 0 Å². The van der Waals surface area contributed by atoms with E-state index in [9.17, 15) is 0 Å². The molecule has 0 amide bonds. The molecule has 0 bridgehead atoms. The molecule has 0 saturated heterocycles. The number of nitrogens with one attached hydrogen (secondary N) is 1. The molecule has 0 spiro atoms. The Bertz CT molecular complexity index is 121. The highest BCUT2D eigenvalue weighted by molar-refractivity contribution is 4.76. The van der Waals surface area contributed by atoms with Crippen molar-refractivity contribution in [2.24, 2.45) is 5.41 Å². The van der Waals surface area contributed by atoms with E-state index < -0.39 is 0 Å². The first-order valence-electron chi connectivity index (χ1n) is 6.83. The Morgan fingerprint density at radius 2 is 1.33 bits per heavy atom. The zero-order valence-electron chi connectivity index (χ0n) is 11.4. The first-order valence-corrected chi connectivity index (χ1v) is 6.83. The zero-order valence-corrected chi connectivity index (χ0v) is 11.4. The maximum absolute atomic E-state index is 3.36. The summed E-state index contributed by atoms with van der Waals surface area (Å²) in [4.78, 5) is 0. The highest BCUT2D eigenvalue weighted by Gasteiger charge is 2.21. The maximum Gasteiger partial charge on any atom is 0.000216 e. The normalized spacial score (nSPS) is 12.0. The molecule has 0 unspecified atom stereocenters. The molecule has 0 aliphatic carbocycles. The van der Waals surface area contributed by atoms with Crippen LogP contribution in [0.3, 0.4) is 0 Å². The third-order valence-corrected chi connectivity index (χ3v) is 3.37. The van der Waals surface area contributed by atoms with Crippen LogP contribution < -0.4 is 5.32 Å². The van der Waals surface area contributed by atoms with Crippen LogP contribution in [0.2, 0.25) is 0 Å². The van der Waals surface area contributed by atoms with Crippen molar-refractivity contribution in [3.05, 3.63) is 0 Å². The van der Waals surface area contributed by atoms with E-state index in [0.29, 0.717) is 5.41 Å². The van der Waals surface area contributed by atoms with Gasteiger partial charge in [-0.15, -0.1) is 0 Å². The van der Waals surface area contributed by atoms with Gasteiger partial charge in [0.25, 0.3) is 0 Å². The van der Waals surface area contributed by atoms with Gasteiger partial charge < -0.3 is 5.32 Å². The van der Waals surface area contributed by atoms with Gasteiger partial charge in [0.05, 0.1) is 0 Å². The third-order valence-electron chi connectivity index (χ3n) is 3.37. The molecular formula is C14H31N. The van der Waals surface area contributed by atoms with Gasteiger partial charge in [0.1, 0.15) is 0 Å². The summed E-state index contributed by atoms with van der Waals surface area (Å²) in [5, 5.41) is 3.36. The fourth-order valence-electron chi connectivity index (χ4n) is 2.33. The lowest BCUT2D eigenvalue weighted by Crippen LogP contribution is -2.29. The topological polar surface area (TPSA) is 12.0 Å². The fraction of sp³-hybridized carbons (Fsp3) is 1.00. The first kappa shape index (κ1) is 15.0. The molecule has 0 aliphatic heterocycles. The van der Waals surface area contributed by atoms with E-state index in [1.165, 1.54) is 57.9 Å². The van der Waals surface area contributed by atoms with Crippen LogP contribution in [0.1, 0.15) is 72.1 Å². The van der Waals surface area contributed by atoms with Gasteiger partial charge in [-0.1, -0.05) is 59.3 Å². The second-order valence-electron chi connectivity index (χ2n) is 5.26. The van der Waals surface area contributed by atoms with Gasteiger partial charge in [-0.05, 0) is 25.3 Å². The molecule has 1 heteroatoms. The first-order chi connectivity index (χ1) is 7.18. The molecule has 92 valence electrons. The number of hydrogen-bond acceptors (Lipinski definition) is 1. The Labute approximate surface area is 97.0 Å². The molecule has 0 radical (unpaired) electrons. The molecule has 0 fully saturated rings. The molecule has 0 saturated carbocycles. The van der Waals surface area contributed by atoms with Crippen molar-refractivity contribution in [3.8, 4) is 0 Å². The van der Waals surface area contributed by atoms with Crippen LogP contribution in [0.25, 0.3) is 0 Å². The van der Waals surface area contributed by atoms with Crippen molar-refractivity contribution in [3.63, 3.8) is 0 Å². The fourth-order valence-corrected chi connectivity index (χ4v) is 2.33. The minimum atomic E-state index is 0.541. The van der Waals surface area contributed by atoms with E-state index in [0.717, 1.165) is 0 Å². The van der Waals surface area contributed by atoms with Crippen LogP contribution >= 0.6 is 0 Å². The summed E-state index contributed by atoms with van der Waals surface area (Å²) in [6.07, 6.45) is 11.1. The average Bonchev–Trinajstić information content (AvgIpc) is 2.19. The van der Waals surface area contributed by atoms with Crippen LogP contribution in [-0.2, 0) is 0 Å². The van der Waals surface area contributed by atoms with Crippen molar-refractivity contribution in [1.82, 2.24) is 5.32 Å². The predicted molar refractivity (Wildman–Crippen MR) is 70.3 cm³/mol. The predicted octanol–water partition coefficient (Wildman–Crippen LogP) is 4.37. The Morgan fingerprint density at radius 1 is 0.867 bits per heavy atom. The monoisotopic (exact) mass is 213 g/mol. The van der Waals surface area contributed by atoms with E-state index in [4.69, 9.17) is 0 Å². The van der Waals surface area contributed by atoms with Crippen molar-refractivity contribution >= 4 is 0 Å². The second kappa shape index (κ2) is 9.21. The van der Waals surface area contributed by atoms with Gasteiger partial charge in [-0.25, -0.2) is 0 Å². The molecule has 15 heavy (non-hydrogen) atoms. The Hall–Kier alpha value is -0.0400. The van der Waals surface area contributed by atoms with E-state index in [2.05, 4.69) is 33.1 Å². The number of hydrogen-bond donors (Lipinski definition) is 1. The lowest BCUT2D eigenvalue weighted by Gasteiger charge is -2.29. The van der Waals surface area contributed by atoms with E-state index in [1.54, 1.807) is 0 Å². The third kappa shape index (κ3) is 7.84. The van der Waals surface area contributed by atoms with Gasteiger partial charge in [-0.3, -0.25) is 0 Å². The largest absolute Gasteiger partial charge is 0.319 e. The Morgan fingerprint density at radius 3 is 1.67 bits per heavy atom. The maximum atomic E-state index is 3.36. The summed E-state index contributed by atoms with van der Waals surface area (Å²) in [7, 11) is 2.08. The number of rotatable bonds is 10. The van der Waals surface area contributed by atoms with Crippen LogP contribution in [0.15, 0.2) is 0 Å². The van der Waals surface area contributed by atoms with Crippen LogP contribution in [0.4, 0.5) is 0 Å². The molecule has 0 heterocycles. The molecule has 0 aromatic carbocycles. The summed E-state index contributed by atoms with van der Waals surface area (Å²) >= 11 is 0. The van der Waals surface area contributed by atoms with E-state index >= 15 is 0 Å². The quantitative estimate of drug-likeness (QED) is 0.531. The van der Waals surface area contributed by atoms with Crippen LogP contribution in [0.5, 0.6) is 0 Å². The lowest BCUT2D eigenvalue weighted by molar-refractivity contribution is 0.247. The van der Waals surface area contributed by atoms with E-state index in [-0.39, 0.29) is 0 Å². The molecule has 0 atom stereocenters. The lowest BCUT2D eigenvalue weighted by atomic mass is 9.80. The van der Waals surface area contributed by atoms with Crippen molar-refractivity contribution in [2.45, 2.75) is 72.1 Å². The minimum absolute atomic E-state index is 0.541. The van der Waals surface area contributed by atoms with Gasteiger partial charge in [-0.2, -0.15) is 0 Å². The van der Waals surface area contributed by atoms with Crippen LogP contribution in [-0.4, -0.2) is 13.6 Å². The zero-order chi connectivity index (χ0) is 11.6. The number of unbranched alkanes of at least 4 members (excludes halogenated alkanes) is 4. The summed E-state index contributed by atoms with van der Waals surface area (Å²) in [6.45, 7) is 8.20. The summed E-state index contributed by atoms with van der Waals surface area (Å²) in [5.41, 5.74) is 0.541. The molecular weight excluding hydrogens is 182 g/mol. The standard InChI is InChI=1S/C14H31N/c1-5-7-9-11-14(3,13-15-4)12-10-8-6-2/h15H,5-13H2,1-4H3. The van der Waals surface area contributed by atoms with Crippen molar-refractivity contribution < 1.29 is 0 Å². The van der Waals surface area contributed by atoms with Crippen molar-refractivity contribution in [1.29, 1.82) is 0 Å². The molecule has 1 nitrogen and oxygen atoms in total.